The highest BCUT2D eigenvalue weighted by Crippen LogP contribution is 2.36. The Labute approximate surface area is 103 Å². The van der Waals surface area contributed by atoms with Crippen LogP contribution < -0.4 is 0 Å². The zero-order chi connectivity index (χ0) is 11.8. The second-order valence-electron chi connectivity index (χ2n) is 4.21. The fraction of sp³-hybridized carbons (Fsp3) is 0.333. The van der Waals surface area contributed by atoms with Gasteiger partial charge in [0.15, 0.2) is 0 Å². The van der Waals surface area contributed by atoms with Crippen LogP contribution in [0.4, 0.5) is 4.39 Å². The number of rotatable bonds is 2. The molecule has 0 bridgehead atoms. The molecule has 0 N–H and O–H groups in total. The summed E-state index contributed by atoms with van der Waals surface area (Å²) in [6.45, 7) is 0. The predicted octanol–water partition coefficient (Wildman–Crippen LogP) is 3.80. The molecule has 0 radical (unpaired) electrons. The van der Waals surface area contributed by atoms with Gasteiger partial charge in [-0.05, 0) is 31.0 Å². The van der Waals surface area contributed by atoms with Gasteiger partial charge in [-0.15, -0.1) is 0 Å². The Morgan fingerprint density at radius 3 is 2.82 bits per heavy atom. The van der Waals surface area contributed by atoms with E-state index in [0.29, 0.717) is 23.2 Å². The Kier molecular flexibility index (Phi) is 2.59. The van der Waals surface area contributed by atoms with Crippen LogP contribution in [0, 0.1) is 5.82 Å². The average Bonchev–Trinajstić information content (AvgIpc) is 2.69. The van der Waals surface area contributed by atoms with Crippen LogP contribution in [0.2, 0.25) is 5.02 Å². The van der Waals surface area contributed by atoms with Crippen molar-refractivity contribution in [3.8, 4) is 11.4 Å². The van der Waals surface area contributed by atoms with Crippen molar-refractivity contribution in [2.45, 2.75) is 25.2 Å². The topological polar surface area (TPSA) is 38.9 Å². The molecule has 17 heavy (non-hydrogen) atoms. The van der Waals surface area contributed by atoms with Crippen LogP contribution in [0.5, 0.6) is 0 Å². The van der Waals surface area contributed by atoms with Crippen LogP contribution in [-0.4, -0.2) is 10.1 Å². The van der Waals surface area contributed by atoms with E-state index in [1.165, 1.54) is 18.6 Å². The summed E-state index contributed by atoms with van der Waals surface area (Å²) in [6.07, 6.45) is 3.42. The normalized spacial score (nSPS) is 15.9. The van der Waals surface area contributed by atoms with Crippen LogP contribution in [0.25, 0.3) is 11.4 Å². The molecule has 0 spiro atoms. The summed E-state index contributed by atoms with van der Waals surface area (Å²) < 4.78 is 18.2. The number of halogens is 2. The zero-order valence-electron chi connectivity index (χ0n) is 8.99. The first-order valence-electron chi connectivity index (χ1n) is 5.53. The maximum atomic E-state index is 13.0. The highest BCUT2D eigenvalue weighted by atomic mass is 35.5. The van der Waals surface area contributed by atoms with E-state index in [1.807, 2.05) is 0 Å². The molecule has 1 aliphatic rings. The van der Waals surface area contributed by atoms with Crippen LogP contribution in [-0.2, 0) is 0 Å². The lowest BCUT2D eigenvalue weighted by molar-refractivity contribution is 0.292. The Bertz CT molecular complexity index is 551. The molecule has 0 atom stereocenters. The zero-order valence-corrected chi connectivity index (χ0v) is 9.75. The molecule has 0 unspecified atom stereocenters. The molecule has 1 saturated carbocycles. The minimum atomic E-state index is -0.446. The van der Waals surface area contributed by atoms with E-state index in [4.69, 9.17) is 16.1 Å². The smallest absolute Gasteiger partial charge is 0.230 e. The Balaban J connectivity index is 1.92. The van der Waals surface area contributed by atoms with Crippen molar-refractivity contribution >= 4 is 11.6 Å². The third-order valence-corrected chi connectivity index (χ3v) is 3.36. The van der Waals surface area contributed by atoms with Crippen LogP contribution in [0.1, 0.15) is 31.1 Å². The fourth-order valence-corrected chi connectivity index (χ4v) is 1.99. The van der Waals surface area contributed by atoms with Gasteiger partial charge in [-0.2, -0.15) is 4.98 Å². The molecule has 0 saturated heterocycles. The number of benzene rings is 1. The van der Waals surface area contributed by atoms with E-state index in [2.05, 4.69) is 10.1 Å². The van der Waals surface area contributed by atoms with E-state index >= 15 is 0 Å². The summed E-state index contributed by atoms with van der Waals surface area (Å²) in [4.78, 5) is 4.31. The van der Waals surface area contributed by atoms with Gasteiger partial charge in [0.25, 0.3) is 0 Å². The van der Waals surface area contributed by atoms with Gasteiger partial charge in [-0.1, -0.05) is 23.2 Å². The Morgan fingerprint density at radius 2 is 2.18 bits per heavy atom. The van der Waals surface area contributed by atoms with Gasteiger partial charge in [0.2, 0.25) is 11.7 Å². The molecule has 3 rings (SSSR count). The number of hydrogen-bond donors (Lipinski definition) is 0. The maximum Gasteiger partial charge on any atom is 0.230 e. The molecular formula is C12H10ClFN2O. The lowest BCUT2D eigenvalue weighted by Crippen LogP contribution is -2.08. The molecule has 3 nitrogen and oxygen atoms in total. The van der Waals surface area contributed by atoms with Gasteiger partial charge >= 0.3 is 0 Å². The second-order valence-corrected chi connectivity index (χ2v) is 4.62. The molecular weight excluding hydrogens is 243 g/mol. The minimum absolute atomic E-state index is 0.0671. The van der Waals surface area contributed by atoms with Gasteiger partial charge < -0.3 is 4.52 Å². The number of hydrogen-bond acceptors (Lipinski definition) is 3. The highest BCUT2D eigenvalue weighted by molar-refractivity contribution is 6.31. The van der Waals surface area contributed by atoms with Crippen molar-refractivity contribution < 1.29 is 8.91 Å². The average molecular weight is 253 g/mol. The first-order chi connectivity index (χ1) is 8.24. The summed E-state index contributed by atoms with van der Waals surface area (Å²) in [5.41, 5.74) is 0.672. The second kappa shape index (κ2) is 4.11. The molecule has 2 aromatic rings. The van der Waals surface area contributed by atoms with Crippen molar-refractivity contribution in [1.82, 2.24) is 10.1 Å². The quantitative estimate of drug-likeness (QED) is 0.816. The van der Waals surface area contributed by atoms with Crippen molar-refractivity contribution in [2.24, 2.45) is 0 Å². The van der Waals surface area contributed by atoms with Crippen LogP contribution in [0.15, 0.2) is 22.7 Å². The Hall–Kier alpha value is -1.42. The molecule has 5 heteroatoms. The lowest BCUT2D eigenvalue weighted by atomic mass is 9.85. The van der Waals surface area contributed by atoms with Crippen molar-refractivity contribution in [1.29, 1.82) is 0 Å². The summed E-state index contributed by atoms with van der Waals surface area (Å²) in [5, 5.41) is 3.96. The van der Waals surface area contributed by atoms with Gasteiger partial charge in [0.1, 0.15) is 5.82 Å². The predicted molar refractivity (Wildman–Crippen MR) is 61.3 cm³/mol. The SMILES string of the molecule is Fc1ccc(-c2noc(C3CCC3)n2)cc1Cl. The number of nitrogens with zero attached hydrogens (tertiary/aromatic N) is 2. The minimum Gasteiger partial charge on any atom is -0.339 e. The third-order valence-electron chi connectivity index (χ3n) is 3.07. The van der Waals surface area contributed by atoms with Gasteiger partial charge in [-0.25, -0.2) is 4.39 Å². The van der Waals surface area contributed by atoms with Crippen molar-refractivity contribution in [2.75, 3.05) is 0 Å². The van der Waals surface area contributed by atoms with E-state index in [1.54, 1.807) is 6.07 Å². The molecule has 1 heterocycles. The molecule has 0 aliphatic heterocycles. The molecule has 0 amide bonds. The first kappa shape index (κ1) is 10.7. The largest absolute Gasteiger partial charge is 0.339 e. The fourth-order valence-electron chi connectivity index (χ4n) is 1.81. The molecule has 88 valence electrons. The molecule has 1 aliphatic carbocycles. The van der Waals surface area contributed by atoms with Gasteiger partial charge in [0, 0.05) is 11.5 Å². The van der Waals surface area contributed by atoms with Crippen LogP contribution in [0.3, 0.4) is 0 Å². The van der Waals surface area contributed by atoms with Crippen LogP contribution >= 0.6 is 11.6 Å². The van der Waals surface area contributed by atoms with E-state index in [9.17, 15) is 4.39 Å². The van der Waals surface area contributed by atoms with Crippen molar-refractivity contribution in [3.63, 3.8) is 0 Å². The van der Waals surface area contributed by atoms with E-state index in [-0.39, 0.29) is 5.02 Å². The van der Waals surface area contributed by atoms with Crippen molar-refractivity contribution in [3.05, 3.63) is 34.9 Å². The standard InChI is InChI=1S/C12H10ClFN2O/c13-9-6-8(4-5-10(9)14)11-15-12(17-16-11)7-2-1-3-7/h4-7H,1-3H2. The lowest BCUT2D eigenvalue weighted by Gasteiger charge is -2.20. The Morgan fingerprint density at radius 1 is 1.35 bits per heavy atom. The summed E-state index contributed by atoms with van der Waals surface area (Å²) in [6, 6.07) is 4.40. The maximum absolute atomic E-state index is 13.0. The first-order valence-corrected chi connectivity index (χ1v) is 5.91. The molecule has 1 aromatic heterocycles. The highest BCUT2D eigenvalue weighted by Gasteiger charge is 2.25. The van der Waals surface area contributed by atoms with Gasteiger partial charge in [0.05, 0.1) is 5.02 Å². The molecule has 1 fully saturated rings. The monoisotopic (exact) mass is 252 g/mol. The summed E-state index contributed by atoms with van der Waals surface area (Å²) in [7, 11) is 0. The third kappa shape index (κ3) is 1.93. The van der Waals surface area contributed by atoms with E-state index < -0.39 is 5.82 Å². The van der Waals surface area contributed by atoms with E-state index in [0.717, 1.165) is 12.8 Å². The number of aromatic nitrogens is 2. The molecule has 1 aromatic carbocycles. The summed E-state index contributed by atoms with van der Waals surface area (Å²) in [5.74, 6) is 1.09. The summed E-state index contributed by atoms with van der Waals surface area (Å²) >= 11 is 5.71. The van der Waals surface area contributed by atoms with Gasteiger partial charge in [-0.3, -0.25) is 0 Å².